The van der Waals surface area contributed by atoms with E-state index in [1.165, 1.54) is 6.20 Å². The Morgan fingerprint density at radius 2 is 1.64 bits per heavy atom. The van der Waals surface area contributed by atoms with Crippen LogP contribution in [0.5, 0.6) is 0 Å². The van der Waals surface area contributed by atoms with E-state index in [9.17, 15) is 9.59 Å². The molecule has 1 aromatic rings. The summed E-state index contributed by atoms with van der Waals surface area (Å²) in [5.74, 6) is 0.549. The molecule has 0 aliphatic carbocycles. The van der Waals surface area contributed by atoms with E-state index in [1.807, 2.05) is 20.8 Å². The molecule has 1 fully saturated rings. The second kappa shape index (κ2) is 6.29. The highest BCUT2D eigenvalue weighted by Crippen LogP contribution is 2.12. The van der Waals surface area contributed by atoms with Crippen molar-refractivity contribution in [3.63, 3.8) is 0 Å². The molecule has 0 unspecified atom stereocenters. The van der Waals surface area contributed by atoms with Crippen LogP contribution in [0.3, 0.4) is 0 Å². The van der Waals surface area contributed by atoms with Crippen molar-refractivity contribution < 1.29 is 9.59 Å². The van der Waals surface area contributed by atoms with Crippen LogP contribution < -0.4 is 5.32 Å². The van der Waals surface area contributed by atoms with Gasteiger partial charge in [-0.2, -0.15) is 0 Å². The molecule has 1 aromatic heterocycles. The van der Waals surface area contributed by atoms with Gasteiger partial charge in [-0.05, 0) is 20.8 Å². The first kappa shape index (κ1) is 16.2. The highest BCUT2D eigenvalue weighted by Gasteiger charge is 2.24. The molecular weight excluding hydrogens is 282 g/mol. The van der Waals surface area contributed by atoms with Gasteiger partial charge in [0.1, 0.15) is 11.5 Å². The summed E-state index contributed by atoms with van der Waals surface area (Å²) in [4.78, 5) is 35.5. The zero-order chi connectivity index (χ0) is 16.3. The van der Waals surface area contributed by atoms with Crippen LogP contribution in [-0.4, -0.2) is 63.3 Å². The molecule has 0 saturated carbocycles. The van der Waals surface area contributed by atoms with E-state index in [2.05, 4.69) is 15.3 Å². The molecule has 1 saturated heterocycles. The molecule has 0 atom stereocenters. The van der Waals surface area contributed by atoms with E-state index >= 15 is 0 Å². The minimum Gasteiger partial charge on any atom is -0.364 e. The SMILES string of the molecule is CC(=O)N1CCN(C(=O)c2cnc(NC(C)(C)C)cn2)CC1. The maximum Gasteiger partial charge on any atom is 0.274 e. The lowest BCUT2D eigenvalue weighted by Gasteiger charge is -2.34. The Hall–Kier alpha value is -2.18. The molecule has 1 aliphatic heterocycles. The predicted molar refractivity (Wildman–Crippen MR) is 83.6 cm³/mol. The summed E-state index contributed by atoms with van der Waals surface area (Å²) in [5.41, 5.74) is 0.221. The standard InChI is InChI=1S/C15H23N5O2/c1-11(21)19-5-7-20(8-6-19)14(22)12-9-17-13(10-16-12)18-15(2,3)4/h9-10H,5-8H2,1-4H3,(H,17,18). The third kappa shape index (κ3) is 4.16. The van der Waals surface area contributed by atoms with Gasteiger partial charge in [-0.1, -0.05) is 0 Å². The maximum atomic E-state index is 12.4. The zero-order valence-electron chi connectivity index (χ0n) is 13.6. The molecule has 0 spiro atoms. The smallest absolute Gasteiger partial charge is 0.274 e. The predicted octanol–water partition coefficient (Wildman–Crippen LogP) is 0.991. The molecule has 2 amide bonds. The number of carbonyl (C=O) groups is 2. The number of nitrogens with zero attached hydrogens (tertiary/aromatic N) is 4. The summed E-state index contributed by atoms with van der Waals surface area (Å²) in [6.07, 6.45) is 3.07. The van der Waals surface area contributed by atoms with Gasteiger partial charge in [0.25, 0.3) is 5.91 Å². The Labute approximate surface area is 130 Å². The minimum absolute atomic E-state index is 0.0458. The summed E-state index contributed by atoms with van der Waals surface area (Å²) in [5, 5.41) is 3.20. The van der Waals surface area contributed by atoms with Crippen LogP contribution in [0.1, 0.15) is 38.2 Å². The fraction of sp³-hybridized carbons (Fsp3) is 0.600. The largest absolute Gasteiger partial charge is 0.364 e. The van der Waals surface area contributed by atoms with Crippen LogP contribution in [-0.2, 0) is 4.79 Å². The van der Waals surface area contributed by atoms with Gasteiger partial charge < -0.3 is 15.1 Å². The van der Waals surface area contributed by atoms with E-state index in [1.54, 1.807) is 22.9 Å². The van der Waals surface area contributed by atoms with Crippen LogP contribution in [0.2, 0.25) is 0 Å². The molecule has 0 radical (unpaired) electrons. The molecule has 2 heterocycles. The molecule has 1 aliphatic rings. The number of amides is 2. The first-order valence-corrected chi connectivity index (χ1v) is 7.41. The number of aromatic nitrogens is 2. The molecule has 1 N–H and O–H groups in total. The topological polar surface area (TPSA) is 78.4 Å². The quantitative estimate of drug-likeness (QED) is 0.881. The zero-order valence-corrected chi connectivity index (χ0v) is 13.6. The normalized spacial score (nSPS) is 15.6. The summed E-state index contributed by atoms with van der Waals surface area (Å²) in [6, 6.07) is 0. The number of nitrogens with one attached hydrogen (secondary N) is 1. The average molecular weight is 305 g/mol. The molecule has 7 nitrogen and oxygen atoms in total. The van der Waals surface area contributed by atoms with E-state index < -0.39 is 0 Å². The van der Waals surface area contributed by atoms with Crippen molar-refractivity contribution in [3.8, 4) is 0 Å². The van der Waals surface area contributed by atoms with Gasteiger partial charge in [0.15, 0.2) is 0 Å². The Balaban J connectivity index is 1.97. The molecule has 22 heavy (non-hydrogen) atoms. The van der Waals surface area contributed by atoms with Gasteiger partial charge >= 0.3 is 0 Å². The van der Waals surface area contributed by atoms with E-state index in [0.717, 1.165) is 0 Å². The Morgan fingerprint density at radius 3 is 2.09 bits per heavy atom. The summed E-state index contributed by atoms with van der Waals surface area (Å²) in [7, 11) is 0. The van der Waals surface area contributed by atoms with Crippen molar-refractivity contribution in [2.45, 2.75) is 33.2 Å². The second-order valence-electron chi connectivity index (χ2n) is 6.46. The summed E-state index contributed by atoms with van der Waals surface area (Å²) >= 11 is 0. The lowest BCUT2D eigenvalue weighted by atomic mass is 10.1. The molecule has 0 bridgehead atoms. The first-order valence-electron chi connectivity index (χ1n) is 7.41. The number of piperazine rings is 1. The monoisotopic (exact) mass is 305 g/mol. The van der Waals surface area contributed by atoms with Gasteiger partial charge in [0.2, 0.25) is 5.91 Å². The highest BCUT2D eigenvalue weighted by atomic mass is 16.2. The van der Waals surface area contributed by atoms with Crippen LogP contribution in [0, 0.1) is 0 Å². The first-order chi connectivity index (χ1) is 10.3. The maximum absolute atomic E-state index is 12.4. The minimum atomic E-state index is -0.141. The van der Waals surface area contributed by atoms with Gasteiger partial charge in [-0.25, -0.2) is 9.97 Å². The van der Waals surface area contributed by atoms with Crippen LogP contribution in [0.15, 0.2) is 12.4 Å². The Kier molecular flexibility index (Phi) is 4.63. The number of rotatable bonds is 2. The van der Waals surface area contributed by atoms with Crippen molar-refractivity contribution in [1.82, 2.24) is 19.8 Å². The molecule has 7 heteroatoms. The van der Waals surface area contributed by atoms with Crippen LogP contribution >= 0.6 is 0 Å². The highest BCUT2D eigenvalue weighted by molar-refractivity contribution is 5.92. The van der Waals surface area contributed by atoms with Gasteiger partial charge in [0, 0.05) is 38.6 Å². The van der Waals surface area contributed by atoms with Crippen molar-refractivity contribution in [2.75, 3.05) is 31.5 Å². The Morgan fingerprint density at radius 1 is 1.05 bits per heavy atom. The second-order valence-corrected chi connectivity index (χ2v) is 6.46. The fourth-order valence-electron chi connectivity index (χ4n) is 2.27. The Bertz CT molecular complexity index is 542. The lowest BCUT2D eigenvalue weighted by Crippen LogP contribution is -2.50. The third-order valence-corrected chi connectivity index (χ3v) is 3.39. The average Bonchev–Trinajstić information content (AvgIpc) is 2.46. The molecule has 120 valence electrons. The van der Waals surface area contributed by atoms with E-state index in [4.69, 9.17) is 0 Å². The van der Waals surface area contributed by atoms with Gasteiger partial charge in [0.05, 0.1) is 12.4 Å². The molecular formula is C15H23N5O2. The van der Waals surface area contributed by atoms with Crippen molar-refractivity contribution in [1.29, 1.82) is 0 Å². The molecule has 2 rings (SSSR count). The number of anilines is 1. The van der Waals surface area contributed by atoms with Crippen molar-refractivity contribution in [2.24, 2.45) is 0 Å². The number of hydrogen-bond donors (Lipinski definition) is 1. The lowest BCUT2D eigenvalue weighted by molar-refractivity contribution is -0.130. The van der Waals surface area contributed by atoms with Gasteiger partial charge in [-0.3, -0.25) is 9.59 Å². The van der Waals surface area contributed by atoms with Crippen molar-refractivity contribution in [3.05, 3.63) is 18.1 Å². The fourth-order valence-corrected chi connectivity index (χ4v) is 2.27. The molecule has 0 aromatic carbocycles. The van der Waals surface area contributed by atoms with E-state index in [0.29, 0.717) is 37.7 Å². The summed E-state index contributed by atoms with van der Waals surface area (Å²) < 4.78 is 0. The third-order valence-electron chi connectivity index (χ3n) is 3.39. The van der Waals surface area contributed by atoms with Crippen LogP contribution in [0.25, 0.3) is 0 Å². The van der Waals surface area contributed by atoms with Crippen molar-refractivity contribution >= 4 is 17.6 Å². The number of hydrogen-bond acceptors (Lipinski definition) is 5. The summed E-state index contributed by atoms with van der Waals surface area (Å²) in [6.45, 7) is 9.83. The number of carbonyl (C=O) groups excluding carboxylic acids is 2. The van der Waals surface area contributed by atoms with Gasteiger partial charge in [-0.15, -0.1) is 0 Å². The van der Waals surface area contributed by atoms with Crippen LogP contribution in [0.4, 0.5) is 5.82 Å². The van der Waals surface area contributed by atoms with E-state index in [-0.39, 0.29) is 17.4 Å².